The van der Waals surface area contributed by atoms with Crippen LogP contribution in [0.3, 0.4) is 0 Å². The second-order valence-electron chi connectivity index (χ2n) is 3.24. The highest BCUT2D eigenvalue weighted by molar-refractivity contribution is 7.89. The molecule has 0 saturated heterocycles. The normalized spacial score (nSPS) is 12.1. The minimum absolute atomic E-state index is 0.0242. The molecule has 1 heterocycles. The molecule has 2 N–H and O–H groups in total. The molecule has 4 nitrogen and oxygen atoms in total. The van der Waals surface area contributed by atoms with Crippen molar-refractivity contribution in [1.29, 1.82) is 0 Å². The van der Waals surface area contributed by atoms with Gasteiger partial charge in [0.25, 0.3) is 0 Å². The molecule has 0 aliphatic rings. The molecular weight excluding hydrogens is 207 g/mol. The largest absolute Gasteiger partial charge is 0.258 e. The van der Waals surface area contributed by atoms with Crippen molar-refractivity contribution in [1.82, 2.24) is 4.98 Å². The maximum absolute atomic E-state index is 13.0. The molecule has 0 atom stereocenters. The van der Waals surface area contributed by atoms with Crippen LogP contribution in [0.1, 0.15) is 25.5 Å². The molecule has 1 aromatic rings. The topological polar surface area (TPSA) is 73.1 Å². The van der Waals surface area contributed by atoms with Gasteiger partial charge in [-0.05, 0) is 12.0 Å². The third-order valence-corrected chi connectivity index (χ3v) is 2.67. The van der Waals surface area contributed by atoms with Gasteiger partial charge in [0, 0.05) is 5.69 Å². The molecule has 1 rings (SSSR count). The van der Waals surface area contributed by atoms with E-state index in [1.54, 1.807) is 0 Å². The molecule has 0 amide bonds. The Balaban J connectivity index is 3.37. The van der Waals surface area contributed by atoms with E-state index < -0.39 is 20.7 Å². The highest BCUT2D eigenvalue weighted by Crippen LogP contribution is 2.17. The molecule has 0 spiro atoms. The molecular formula is C8H11FN2O2S. The molecule has 0 aliphatic carbocycles. The van der Waals surface area contributed by atoms with E-state index in [0.29, 0.717) is 5.69 Å². The van der Waals surface area contributed by atoms with Crippen molar-refractivity contribution >= 4 is 10.0 Å². The zero-order chi connectivity index (χ0) is 10.9. The maximum atomic E-state index is 13.0. The number of hydrogen-bond acceptors (Lipinski definition) is 3. The van der Waals surface area contributed by atoms with Crippen LogP contribution in [-0.4, -0.2) is 13.4 Å². The van der Waals surface area contributed by atoms with Crippen LogP contribution < -0.4 is 5.14 Å². The summed E-state index contributed by atoms with van der Waals surface area (Å²) < 4.78 is 34.9. The lowest BCUT2D eigenvalue weighted by atomic mass is 10.1. The highest BCUT2D eigenvalue weighted by atomic mass is 32.2. The molecule has 14 heavy (non-hydrogen) atoms. The number of aromatic nitrogens is 1. The van der Waals surface area contributed by atoms with Gasteiger partial charge >= 0.3 is 0 Å². The zero-order valence-electron chi connectivity index (χ0n) is 7.86. The smallest absolute Gasteiger partial charge is 0.241 e. The summed E-state index contributed by atoms with van der Waals surface area (Å²) in [6, 6.07) is 1.16. The van der Waals surface area contributed by atoms with E-state index in [4.69, 9.17) is 5.14 Å². The number of hydrogen-bond donors (Lipinski definition) is 1. The van der Waals surface area contributed by atoms with Crippen molar-refractivity contribution in [3.63, 3.8) is 0 Å². The molecule has 0 fully saturated rings. The second kappa shape index (κ2) is 3.62. The molecule has 0 aliphatic heterocycles. The minimum Gasteiger partial charge on any atom is -0.258 e. The van der Waals surface area contributed by atoms with Gasteiger partial charge in [-0.15, -0.1) is 0 Å². The summed E-state index contributed by atoms with van der Waals surface area (Å²) in [5, 5.41) is 4.83. The van der Waals surface area contributed by atoms with Crippen molar-refractivity contribution in [2.45, 2.75) is 24.7 Å². The van der Waals surface area contributed by atoms with Crippen LogP contribution in [0.25, 0.3) is 0 Å². The summed E-state index contributed by atoms with van der Waals surface area (Å²) in [6.07, 6.45) is 0.870. The van der Waals surface area contributed by atoms with Gasteiger partial charge < -0.3 is 0 Å². The van der Waals surface area contributed by atoms with Crippen LogP contribution in [0.5, 0.6) is 0 Å². The van der Waals surface area contributed by atoms with Crippen LogP contribution in [0.15, 0.2) is 17.2 Å². The van der Waals surface area contributed by atoms with Crippen LogP contribution in [-0.2, 0) is 10.0 Å². The number of nitrogens with zero attached hydrogens (tertiary/aromatic N) is 1. The molecule has 0 aromatic carbocycles. The third kappa shape index (κ3) is 2.27. The Bertz CT molecular complexity index is 443. The fourth-order valence-corrected chi connectivity index (χ4v) is 1.58. The highest BCUT2D eigenvalue weighted by Gasteiger charge is 2.16. The lowest BCUT2D eigenvalue weighted by molar-refractivity contribution is 0.561. The van der Waals surface area contributed by atoms with Gasteiger partial charge in [0.15, 0.2) is 5.82 Å². The van der Waals surface area contributed by atoms with Crippen molar-refractivity contribution in [2.24, 2.45) is 5.14 Å². The predicted octanol–water partition coefficient (Wildman–Crippen LogP) is 0.992. The van der Waals surface area contributed by atoms with E-state index in [0.717, 1.165) is 12.3 Å². The van der Waals surface area contributed by atoms with Gasteiger partial charge in [-0.25, -0.2) is 17.9 Å². The summed E-state index contributed by atoms with van der Waals surface area (Å²) >= 11 is 0. The van der Waals surface area contributed by atoms with Crippen LogP contribution >= 0.6 is 0 Å². The molecule has 0 saturated carbocycles. The number of primary sulfonamides is 1. The van der Waals surface area contributed by atoms with E-state index in [2.05, 4.69) is 4.98 Å². The number of nitrogens with two attached hydrogens (primary N) is 1. The first-order valence-corrected chi connectivity index (χ1v) is 5.55. The average Bonchev–Trinajstić information content (AvgIpc) is 2.02. The number of rotatable bonds is 2. The molecule has 0 radical (unpaired) electrons. The quantitative estimate of drug-likeness (QED) is 0.804. The SMILES string of the molecule is CC(C)c1cc(S(N)(=O)=O)c(F)cn1. The lowest BCUT2D eigenvalue weighted by Crippen LogP contribution is -2.15. The van der Waals surface area contributed by atoms with Crippen LogP contribution in [0.2, 0.25) is 0 Å². The van der Waals surface area contributed by atoms with E-state index >= 15 is 0 Å². The third-order valence-electron chi connectivity index (χ3n) is 1.74. The Morgan fingerprint density at radius 1 is 1.50 bits per heavy atom. The lowest BCUT2D eigenvalue weighted by Gasteiger charge is -2.06. The van der Waals surface area contributed by atoms with Crippen molar-refractivity contribution in [3.8, 4) is 0 Å². The van der Waals surface area contributed by atoms with Gasteiger partial charge in [-0.3, -0.25) is 4.98 Å². The second-order valence-corrected chi connectivity index (χ2v) is 4.77. The standard InChI is InChI=1S/C8H11FN2O2S/c1-5(2)7-3-8(14(10,12)13)6(9)4-11-7/h3-5H,1-2H3,(H2,10,12,13). The van der Waals surface area contributed by atoms with Crippen molar-refractivity contribution in [3.05, 3.63) is 23.8 Å². The van der Waals surface area contributed by atoms with E-state index in [1.165, 1.54) is 0 Å². The monoisotopic (exact) mass is 218 g/mol. The van der Waals surface area contributed by atoms with Gasteiger partial charge in [0.1, 0.15) is 4.90 Å². The summed E-state index contributed by atoms with van der Waals surface area (Å²) in [7, 11) is -4.00. The van der Waals surface area contributed by atoms with Gasteiger partial charge in [-0.2, -0.15) is 0 Å². The van der Waals surface area contributed by atoms with Crippen molar-refractivity contribution < 1.29 is 12.8 Å². The molecule has 78 valence electrons. The Kier molecular flexibility index (Phi) is 2.86. The Labute approximate surface area is 82.0 Å². The van der Waals surface area contributed by atoms with Crippen LogP contribution in [0, 0.1) is 5.82 Å². The van der Waals surface area contributed by atoms with Gasteiger partial charge in [0.2, 0.25) is 10.0 Å². The first-order chi connectivity index (χ1) is 6.32. The molecule has 1 aromatic heterocycles. The van der Waals surface area contributed by atoms with Gasteiger partial charge in [-0.1, -0.05) is 13.8 Å². The van der Waals surface area contributed by atoms with Crippen molar-refractivity contribution in [2.75, 3.05) is 0 Å². The number of sulfonamides is 1. The summed E-state index contributed by atoms with van der Waals surface area (Å²) in [4.78, 5) is 3.25. The Hall–Kier alpha value is -1.01. The molecule has 0 unspecified atom stereocenters. The number of pyridine rings is 1. The average molecular weight is 218 g/mol. The van der Waals surface area contributed by atoms with E-state index in [9.17, 15) is 12.8 Å². The summed E-state index contributed by atoms with van der Waals surface area (Å²) in [5.41, 5.74) is 0.496. The Morgan fingerprint density at radius 2 is 2.07 bits per heavy atom. The maximum Gasteiger partial charge on any atom is 0.241 e. The van der Waals surface area contributed by atoms with E-state index in [1.807, 2.05) is 13.8 Å². The fraction of sp³-hybridized carbons (Fsp3) is 0.375. The van der Waals surface area contributed by atoms with E-state index in [-0.39, 0.29) is 5.92 Å². The summed E-state index contributed by atoms with van der Waals surface area (Å²) in [6.45, 7) is 3.65. The zero-order valence-corrected chi connectivity index (χ0v) is 8.68. The Morgan fingerprint density at radius 3 is 2.50 bits per heavy atom. The summed E-state index contributed by atoms with van der Waals surface area (Å²) in [5.74, 6) is -0.895. The molecule has 6 heteroatoms. The predicted molar refractivity (Wildman–Crippen MR) is 49.7 cm³/mol. The fourth-order valence-electron chi connectivity index (χ4n) is 0.969. The first-order valence-electron chi connectivity index (χ1n) is 4.00. The number of halogens is 1. The van der Waals surface area contributed by atoms with Gasteiger partial charge in [0.05, 0.1) is 6.20 Å². The molecule has 0 bridgehead atoms. The minimum atomic E-state index is -4.00. The first kappa shape index (κ1) is 11.1. The van der Waals surface area contributed by atoms with Crippen LogP contribution in [0.4, 0.5) is 4.39 Å².